The van der Waals surface area contributed by atoms with Crippen LogP contribution in [0.3, 0.4) is 0 Å². The van der Waals surface area contributed by atoms with Crippen molar-refractivity contribution in [2.24, 2.45) is 5.73 Å². The number of hydrogen-bond acceptors (Lipinski definition) is 6. The van der Waals surface area contributed by atoms with Gasteiger partial charge in [-0.1, -0.05) is 181 Å². The van der Waals surface area contributed by atoms with E-state index in [0.29, 0.717) is 26.4 Å². The highest BCUT2D eigenvalue weighted by atomic mass is 35.5. The number of unbranched alkanes of at least 4 members (excludes halogenated alkanes) is 25. The molecule has 0 bridgehead atoms. The normalized spacial score (nSPS) is 21.1. The lowest BCUT2D eigenvalue weighted by Gasteiger charge is -2.45. The molecule has 0 spiro atoms. The van der Waals surface area contributed by atoms with Crippen LogP contribution in [0.2, 0.25) is 0 Å². The van der Waals surface area contributed by atoms with Gasteiger partial charge < -0.3 is 29.4 Å². The summed E-state index contributed by atoms with van der Waals surface area (Å²) in [4.78, 5) is 0. The summed E-state index contributed by atoms with van der Waals surface area (Å²) in [5.74, 6) is 0. The average molecular weight is 707 g/mol. The van der Waals surface area contributed by atoms with Crippen molar-refractivity contribution in [1.29, 1.82) is 0 Å². The van der Waals surface area contributed by atoms with Crippen LogP contribution in [0.25, 0.3) is 0 Å². The van der Waals surface area contributed by atoms with Crippen molar-refractivity contribution < 1.29 is 23.7 Å². The van der Waals surface area contributed by atoms with E-state index < -0.39 is 6.29 Å². The van der Waals surface area contributed by atoms with Crippen molar-refractivity contribution >= 4 is 12.4 Å². The topological polar surface area (TPSA) is 72.2 Å². The zero-order chi connectivity index (χ0) is 34.0. The van der Waals surface area contributed by atoms with Gasteiger partial charge in [0, 0.05) is 33.5 Å². The minimum Gasteiger partial charge on any atom is -0.373 e. The third-order valence-corrected chi connectivity index (χ3v) is 9.98. The first-order valence-corrected chi connectivity index (χ1v) is 21.0. The van der Waals surface area contributed by atoms with Crippen LogP contribution >= 0.6 is 12.4 Å². The molecule has 1 rings (SSSR count). The van der Waals surface area contributed by atoms with Gasteiger partial charge in [0.1, 0.15) is 24.4 Å². The van der Waals surface area contributed by atoms with E-state index >= 15 is 0 Å². The molecule has 0 aromatic heterocycles. The van der Waals surface area contributed by atoms with Gasteiger partial charge in [0.25, 0.3) is 0 Å². The number of hydrogen-bond donors (Lipinski definition) is 1. The summed E-state index contributed by atoms with van der Waals surface area (Å²) in [6.45, 7) is 9.30. The van der Waals surface area contributed by atoms with Crippen LogP contribution in [0.15, 0.2) is 0 Å². The summed E-state index contributed by atoms with van der Waals surface area (Å²) in [6, 6.07) is 0. The van der Waals surface area contributed by atoms with Gasteiger partial charge in [-0.15, -0.1) is 12.4 Å². The molecule has 1 aliphatic heterocycles. The van der Waals surface area contributed by atoms with Gasteiger partial charge in [0.15, 0.2) is 6.29 Å². The third kappa shape index (κ3) is 25.1. The Hall–Kier alpha value is 0.0500. The second-order valence-electron chi connectivity index (χ2n) is 14.4. The zero-order valence-corrected chi connectivity index (χ0v) is 33.4. The van der Waals surface area contributed by atoms with Crippen molar-refractivity contribution in [2.45, 2.75) is 231 Å². The number of rotatable bonds is 36. The van der Waals surface area contributed by atoms with Gasteiger partial charge in [0.05, 0.1) is 0 Å². The molecule has 1 saturated heterocycles. The molecule has 0 radical (unpaired) electrons. The largest absolute Gasteiger partial charge is 0.373 e. The third-order valence-electron chi connectivity index (χ3n) is 9.98. The minimum atomic E-state index is -0.492. The van der Waals surface area contributed by atoms with E-state index in [2.05, 4.69) is 20.8 Å². The Labute approximate surface area is 305 Å². The van der Waals surface area contributed by atoms with Gasteiger partial charge in [-0.05, 0) is 19.3 Å². The van der Waals surface area contributed by atoms with E-state index in [9.17, 15) is 0 Å². The highest BCUT2D eigenvalue weighted by Crippen LogP contribution is 2.29. The zero-order valence-electron chi connectivity index (χ0n) is 32.5. The Morgan fingerprint density at radius 3 is 1.04 bits per heavy atom. The molecule has 290 valence electrons. The van der Waals surface area contributed by atoms with Crippen LogP contribution in [0.1, 0.15) is 201 Å². The predicted octanol–water partition coefficient (Wildman–Crippen LogP) is 11.9. The maximum Gasteiger partial charge on any atom is 0.186 e. The van der Waals surface area contributed by atoms with Crippen LogP contribution in [-0.4, -0.2) is 64.2 Å². The van der Waals surface area contributed by atoms with Crippen LogP contribution in [0, 0.1) is 0 Å². The van der Waals surface area contributed by atoms with Gasteiger partial charge in [0.2, 0.25) is 0 Å². The molecule has 1 aliphatic rings. The van der Waals surface area contributed by atoms with Crippen molar-refractivity contribution in [2.75, 3.05) is 33.5 Å². The molecular weight excluding hydrogens is 622 g/mol. The summed E-state index contributed by atoms with van der Waals surface area (Å²) in [7, 11) is 1.70. The fourth-order valence-electron chi connectivity index (χ4n) is 6.90. The molecule has 0 aliphatic carbocycles. The van der Waals surface area contributed by atoms with E-state index in [4.69, 9.17) is 29.4 Å². The first-order chi connectivity index (χ1) is 23.2. The van der Waals surface area contributed by atoms with Crippen LogP contribution in [0.5, 0.6) is 0 Å². The molecule has 1 heterocycles. The molecule has 0 unspecified atom stereocenters. The molecule has 0 saturated carbocycles. The summed E-state index contributed by atoms with van der Waals surface area (Å²) < 4.78 is 31.8. The summed E-state index contributed by atoms with van der Waals surface area (Å²) in [6.07, 6.45) is 35.2. The molecule has 5 atom stereocenters. The number of methoxy groups -OCH3 is 1. The van der Waals surface area contributed by atoms with Crippen molar-refractivity contribution in [3.63, 3.8) is 0 Å². The smallest absolute Gasteiger partial charge is 0.186 e. The second kappa shape index (κ2) is 36.8. The predicted molar refractivity (Wildman–Crippen MR) is 207 cm³/mol. The van der Waals surface area contributed by atoms with Crippen molar-refractivity contribution in [1.82, 2.24) is 0 Å². The Morgan fingerprint density at radius 2 is 0.708 bits per heavy atom. The van der Waals surface area contributed by atoms with Crippen LogP contribution in [-0.2, 0) is 23.7 Å². The molecule has 48 heavy (non-hydrogen) atoms. The van der Waals surface area contributed by atoms with E-state index in [1.54, 1.807) is 7.11 Å². The Balaban J connectivity index is 0.0000221. The summed E-state index contributed by atoms with van der Waals surface area (Å²) in [5.41, 5.74) is 6.23. The Morgan fingerprint density at radius 1 is 0.417 bits per heavy atom. The molecule has 0 amide bonds. The SMILES string of the molecule is CCCCCCCCCCCCCCO[C@@H]1[C@@H](OCCCCCC)[C@@H](OC)O[C@H](CN)[C@H]1OCCCCCCCCCCCCCC.Cl. The second-order valence-corrected chi connectivity index (χ2v) is 14.4. The number of ether oxygens (including phenoxy) is 5. The summed E-state index contributed by atoms with van der Waals surface area (Å²) >= 11 is 0. The van der Waals surface area contributed by atoms with E-state index in [0.717, 1.165) is 19.3 Å². The monoisotopic (exact) mass is 706 g/mol. The maximum absolute atomic E-state index is 6.64. The molecule has 6 nitrogen and oxygen atoms in total. The Kier molecular flexibility index (Phi) is 36.9. The quantitative estimate of drug-likeness (QED) is 0.0654. The van der Waals surface area contributed by atoms with Gasteiger partial charge in [-0.2, -0.15) is 0 Å². The van der Waals surface area contributed by atoms with Crippen molar-refractivity contribution in [3.05, 3.63) is 0 Å². The molecule has 0 aromatic rings. The molecule has 2 N–H and O–H groups in total. The van der Waals surface area contributed by atoms with E-state index in [-0.39, 0.29) is 36.8 Å². The highest BCUT2D eigenvalue weighted by Gasteiger charge is 2.48. The highest BCUT2D eigenvalue weighted by molar-refractivity contribution is 5.85. The van der Waals surface area contributed by atoms with Crippen LogP contribution < -0.4 is 5.73 Å². The fraction of sp³-hybridized carbons (Fsp3) is 1.00. The van der Waals surface area contributed by atoms with E-state index in [1.165, 1.54) is 161 Å². The van der Waals surface area contributed by atoms with Crippen LogP contribution in [0.4, 0.5) is 0 Å². The number of nitrogens with two attached hydrogens (primary N) is 1. The molecular formula is C41H84ClNO5. The standard InChI is InChI=1S/C41H83NO5.ClH/c1-5-8-11-14-16-18-20-22-24-26-28-31-33-44-38-37(36-42)47-41(43-4)40(46-35-30-13-10-7-3)39(38)45-34-32-29-27-25-23-21-19-17-15-12-9-6-2;/h37-41H,5-36,42H2,1-4H3;1H/t37-,38-,39+,40-,41+;/m1./s1. The van der Waals surface area contributed by atoms with E-state index in [1.807, 2.05) is 0 Å². The number of halogens is 1. The van der Waals surface area contributed by atoms with Gasteiger partial charge in [-0.25, -0.2) is 0 Å². The first kappa shape index (κ1) is 48.0. The lowest BCUT2D eigenvalue weighted by Crippen LogP contribution is -2.62. The lowest BCUT2D eigenvalue weighted by molar-refractivity contribution is -0.311. The van der Waals surface area contributed by atoms with Gasteiger partial charge in [-0.3, -0.25) is 0 Å². The van der Waals surface area contributed by atoms with Gasteiger partial charge >= 0.3 is 0 Å². The Bertz CT molecular complexity index is 630. The molecule has 7 heteroatoms. The lowest BCUT2D eigenvalue weighted by atomic mass is 9.97. The summed E-state index contributed by atoms with van der Waals surface area (Å²) in [5, 5.41) is 0. The first-order valence-electron chi connectivity index (χ1n) is 21.0. The average Bonchev–Trinajstić information content (AvgIpc) is 3.09. The minimum absolute atomic E-state index is 0. The molecule has 0 aromatic carbocycles. The molecule has 1 fully saturated rings. The fourth-order valence-corrected chi connectivity index (χ4v) is 6.90. The van der Waals surface area contributed by atoms with Crippen molar-refractivity contribution in [3.8, 4) is 0 Å². The maximum atomic E-state index is 6.64.